The Morgan fingerprint density at radius 2 is 1.79 bits per heavy atom. The van der Waals surface area contributed by atoms with E-state index in [0.29, 0.717) is 0 Å². The molecule has 6 nitrogen and oxygen atoms in total. The van der Waals surface area contributed by atoms with Gasteiger partial charge in [0.2, 0.25) is 0 Å². The van der Waals surface area contributed by atoms with Gasteiger partial charge in [-0.1, -0.05) is 17.7 Å². The van der Waals surface area contributed by atoms with Gasteiger partial charge >= 0.3 is 0 Å². The summed E-state index contributed by atoms with van der Waals surface area (Å²) < 4.78 is 7.60. The second kappa shape index (κ2) is 10.0. The van der Waals surface area contributed by atoms with Crippen LogP contribution in [0.3, 0.4) is 0 Å². The molecular weight excluding hydrogens is 446 g/mol. The average molecular weight is 476 g/mol. The van der Waals surface area contributed by atoms with Crippen LogP contribution in [0, 0.1) is 6.92 Å². The van der Waals surface area contributed by atoms with E-state index in [4.69, 9.17) is 21.4 Å². The number of hydrogen-bond acceptors (Lipinski definition) is 5. The van der Waals surface area contributed by atoms with Crippen molar-refractivity contribution in [3.63, 3.8) is 0 Å². The molecule has 0 unspecified atom stereocenters. The zero-order chi connectivity index (χ0) is 23.5. The Morgan fingerprint density at radius 3 is 2.56 bits per heavy atom. The molecule has 176 valence electrons. The number of aromatic nitrogens is 3. The van der Waals surface area contributed by atoms with Crippen molar-refractivity contribution in [3.05, 3.63) is 82.8 Å². The first-order chi connectivity index (χ1) is 16.6. The highest BCUT2D eigenvalue weighted by Gasteiger charge is 2.20. The average Bonchev–Trinajstić information content (AvgIpc) is 3.21. The lowest BCUT2D eigenvalue weighted by Gasteiger charge is -2.36. The van der Waals surface area contributed by atoms with Gasteiger partial charge in [-0.15, -0.1) is 0 Å². The van der Waals surface area contributed by atoms with Crippen molar-refractivity contribution in [2.45, 2.75) is 19.9 Å². The van der Waals surface area contributed by atoms with Crippen molar-refractivity contribution >= 4 is 28.2 Å². The topological polar surface area (TPSA) is 46.4 Å². The highest BCUT2D eigenvalue weighted by Crippen LogP contribution is 2.28. The maximum atomic E-state index is 6.34. The second-order valence-electron chi connectivity index (χ2n) is 8.81. The van der Waals surface area contributed by atoms with Crippen LogP contribution in [0.5, 0.6) is 5.75 Å². The van der Waals surface area contributed by atoms with E-state index in [0.717, 1.165) is 73.2 Å². The standard InChI is InChI=1S/C27H30ClN5O/c1-20-24(28)4-3-5-26(20)32-16-14-31(15-17-32)13-10-25-23-18-22(34-2)6-7-27(23)33(30-25)19-21-8-11-29-12-9-21/h3-9,11-12,18H,10,13-17,19H2,1-2H3. The molecule has 0 N–H and O–H groups in total. The van der Waals surface area contributed by atoms with Crippen LogP contribution in [0.2, 0.25) is 5.02 Å². The number of pyridine rings is 1. The molecule has 4 aromatic rings. The third kappa shape index (κ3) is 4.74. The molecule has 34 heavy (non-hydrogen) atoms. The fraction of sp³-hybridized carbons (Fsp3) is 0.333. The molecule has 0 atom stereocenters. The molecule has 2 aromatic heterocycles. The fourth-order valence-electron chi connectivity index (χ4n) is 4.73. The number of piperazine rings is 1. The van der Waals surface area contributed by atoms with Crippen molar-refractivity contribution in [3.8, 4) is 5.75 Å². The summed E-state index contributed by atoms with van der Waals surface area (Å²) in [6.07, 6.45) is 4.56. The molecule has 1 fully saturated rings. The van der Waals surface area contributed by atoms with Gasteiger partial charge in [0.25, 0.3) is 0 Å². The summed E-state index contributed by atoms with van der Waals surface area (Å²) in [5.41, 5.74) is 5.86. The minimum Gasteiger partial charge on any atom is -0.497 e. The molecule has 1 saturated heterocycles. The number of rotatable bonds is 7. The van der Waals surface area contributed by atoms with Crippen LogP contribution in [0.15, 0.2) is 60.9 Å². The maximum absolute atomic E-state index is 6.34. The normalized spacial score (nSPS) is 14.6. The van der Waals surface area contributed by atoms with E-state index in [1.807, 2.05) is 42.7 Å². The number of benzene rings is 2. The molecule has 1 aliphatic rings. The third-order valence-electron chi connectivity index (χ3n) is 6.73. The predicted octanol–water partition coefficient (Wildman–Crippen LogP) is 4.81. The van der Waals surface area contributed by atoms with E-state index in [-0.39, 0.29) is 0 Å². The fourth-order valence-corrected chi connectivity index (χ4v) is 4.90. The molecular formula is C27H30ClN5O. The summed E-state index contributed by atoms with van der Waals surface area (Å²) in [4.78, 5) is 9.11. The number of hydrogen-bond donors (Lipinski definition) is 0. The van der Waals surface area contributed by atoms with E-state index < -0.39 is 0 Å². The van der Waals surface area contributed by atoms with Gasteiger partial charge in [0.1, 0.15) is 5.75 Å². The van der Waals surface area contributed by atoms with Crippen molar-refractivity contribution < 1.29 is 4.74 Å². The second-order valence-corrected chi connectivity index (χ2v) is 9.21. The number of methoxy groups -OCH3 is 1. The van der Waals surface area contributed by atoms with Crippen LogP contribution in [0.1, 0.15) is 16.8 Å². The Labute approximate surface area is 205 Å². The SMILES string of the molecule is COc1ccc2c(c1)c(CCN1CCN(c3cccc(Cl)c3C)CC1)nn2Cc1ccncc1. The van der Waals surface area contributed by atoms with Crippen LogP contribution in [-0.2, 0) is 13.0 Å². The maximum Gasteiger partial charge on any atom is 0.119 e. The molecule has 1 aliphatic heterocycles. The van der Waals surface area contributed by atoms with Gasteiger partial charge in [0, 0.05) is 67.6 Å². The molecule has 0 amide bonds. The van der Waals surface area contributed by atoms with E-state index in [9.17, 15) is 0 Å². The predicted molar refractivity (Wildman–Crippen MR) is 138 cm³/mol. The van der Waals surface area contributed by atoms with Gasteiger partial charge in [-0.3, -0.25) is 14.6 Å². The number of fused-ring (bicyclic) bond motifs is 1. The summed E-state index contributed by atoms with van der Waals surface area (Å²) in [5, 5.41) is 7.02. The highest BCUT2D eigenvalue weighted by molar-refractivity contribution is 6.31. The summed E-state index contributed by atoms with van der Waals surface area (Å²) >= 11 is 6.34. The Morgan fingerprint density at radius 1 is 1.00 bits per heavy atom. The number of nitrogens with zero attached hydrogens (tertiary/aromatic N) is 5. The Bertz CT molecular complexity index is 1270. The smallest absolute Gasteiger partial charge is 0.119 e. The number of halogens is 1. The largest absolute Gasteiger partial charge is 0.497 e. The molecule has 2 aromatic carbocycles. The first-order valence-corrected chi connectivity index (χ1v) is 12.1. The van der Waals surface area contributed by atoms with Crippen molar-refractivity contribution in [1.29, 1.82) is 0 Å². The molecule has 3 heterocycles. The number of ether oxygens (including phenoxy) is 1. The zero-order valence-electron chi connectivity index (χ0n) is 19.7. The highest BCUT2D eigenvalue weighted by atomic mass is 35.5. The molecule has 5 rings (SSSR count). The first kappa shape index (κ1) is 22.7. The minimum atomic E-state index is 0.725. The molecule has 0 saturated carbocycles. The van der Waals surface area contributed by atoms with Gasteiger partial charge in [0.05, 0.1) is 24.9 Å². The lowest BCUT2D eigenvalue weighted by atomic mass is 10.1. The summed E-state index contributed by atoms with van der Waals surface area (Å²) in [5.74, 6) is 0.864. The Hall–Kier alpha value is -3.09. The van der Waals surface area contributed by atoms with Gasteiger partial charge in [-0.05, 0) is 60.5 Å². The van der Waals surface area contributed by atoms with Gasteiger partial charge in [-0.2, -0.15) is 5.10 Å². The van der Waals surface area contributed by atoms with Crippen LogP contribution in [0.25, 0.3) is 10.9 Å². The molecule has 0 radical (unpaired) electrons. The molecule has 0 aliphatic carbocycles. The van der Waals surface area contributed by atoms with Crippen molar-refractivity contribution in [2.24, 2.45) is 0 Å². The van der Waals surface area contributed by atoms with Crippen LogP contribution in [-0.4, -0.2) is 59.5 Å². The molecule has 0 spiro atoms. The van der Waals surface area contributed by atoms with Gasteiger partial charge in [0.15, 0.2) is 0 Å². The van der Waals surface area contributed by atoms with E-state index in [1.54, 1.807) is 7.11 Å². The minimum absolute atomic E-state index is 0.725. The third-order valence-corrected chi connectivity index (χ3v) is 7.14. The molecule has 0 bridgehead atoms. The lowest BCUT2D eigenvalue weighted by Crippen LogP contribution is -2.47. The van der Waals surface area contributed by atoms with Crippen LogP contribution >= 0.6 is 11.6 Å². The van der Waals surface area contributed by atoms with Gasteiger partial charge < -0.3 is 9.64 Å². The van der Waals surface area contributed by atoms with Crippen molar-refractivity contribution in [2.75, 3.05) is 44.7 Å². The summed E-state index contributed by atoms with van der Waals surface area (Å²) in [7, 11) is 1.71. The summed E-state index contributed by atoms with van der Waals surface area (Å²) in [6.45, 7) is 7.89. The quantitative estimate of drug-likeness (QED) is 0.383. The number of anilines is 1. The first-order valence-electron chi connectivity index (χ1n) is 11.8. The Balaban J connectivity index is 1.29. The van der Waals surface area contributed by atoms with Crippen LogP contribution in [0.4, 0.5) is 5.69 Å². The Kier molecular flexibility index (Phi) is 6.70. The molecule has 7 heteroatoms. The lowest BCUT2D eigenvalue weighted by molar-refractivity contribution is 0.260. The van der Waals surface area contributed by atoms with Crippen LogP contribution < -0.4 is 9.64 Å². The summed E-state index contributed by atoms with van der Waals surface area (Å²) in [6, 6.07) is 16.5. The van der Waals surface area contributed by atoms with E-state index >= 15 is 0 Å². The monoisotopic (exact) mass is 475 g/mol. The van der Waals surface area contributed by atoms with E-state index in [2.05, 4.69) is 44.6 Å². The zero-order valence-corrected chi connectivity index (χ0v) is 20.5. The van der Waals surface area contributed by atoms with E-state index in [1.165, 1.54) is 16.6 Å². The van der Waals surface area contributed by atoms with Crippen molar-refractivity contribution in [1.82, 2.24) is 19.7 Å². The van der Waals surface area contributed by atoms with Gasteiger partial charge in [-0.25, -0.2) is 0 Å².